The Morgan fingerprint density at radius 2 is 1.86 bits per heavy atom. The molecule has 3 aromatic heterocycles. The van der Waals surface area contributed by atoms with Gasteiger partial charge in [0.25, 0.3) is 0 Å². The molecule has 0 unspecified atom stereocenters. The Hall–Kier alpha value is -3.07. The van der Waals surface area contributed by atoms with Crippen LogP contribution in [-0.2, 0) is 0 Å². The maximum absolute atomic E-state index is 14.6. The highest BCUT2D eigenvalue weighted by atomic mass is 35.5. The summed E-state index contributed by atoms with van der Waals surface area (Å²) in [5, 5.41) is 17.7. The minimum atomic E-state index is -0.547. The van der Waals surface area contributed by atoms with Crippen molar-refractivity contribution in [2.24, 2.45) is 0 Å². The lowest BCUT2D eigenvalue weighted by atomic mass is 10.0. The molecule has 182 valence electrons. The topological polar surface area (TPSA) is 87.4 Å². The van der Waals surface area contributed by atoms with Crippen molar-refractivity contribution >= 4 is 23.2 Å². The maximum Gasteiger partial charge on any atom is 0.223 e. The van der Waals surface area contributed by atoms with E-state index in [1.165, 1.54) is 25.7 Å². The van der Waals surface area contributed by atoms with E-state index in [4.69, 9.17) is 11.6 Å². The van der Waals surface area contributed by atoms with Crippen LogP contribution in [0, 0.1) is 5.82 Å². The number of hydrogen-bond acceptors (Lipinski definition) is 6. The van der Waals surface area contributed by atoms with Gasteiger partial charge >= 0.3 is 0 Å². The lowest BCUT2D eigenvalue weighted by Crippen LogP contribution is -2.30. The third-order valence-corrected chi connectivity index (χ3v) is 6.89. The average Bonchev–Trinajstić information content (AvgIpc) is 3.55. The molecule has 1 aromatic carbocycles. The van der Waals surface area contributed by atoms with Gasteiger partial charge in [-0.1, -0.05) is 48.7 Å². The van der Waals surface area contributed by atoms with Crippen LogP contribution in [-0.4, -0.2) is 37.0 Å². The monoisotopic (exact) mass is 494 g/mol. The third-order valence-electron chi connectivity index (χ3n) is 6.60. The van der Waals surface area contributed by atoms with Crippen LogP contribution >= 0.6 is 11.6 Å². The van der Waals surface area contributed by atoms with Gasteiger partial charge in [-0.3, -0.25) is 4.40 Å². The fourth-order valence-electron chi connectivity index (χ4n) is 4.58. The van der Waals surface area contributed by atoms with Crippen LogP contribution in [0.3, 0.4) is 0 Å². The van der Waals surface area contributed by atoms with Gasteiger partial charge in [-0.15, -0.1) is 0 Å². The van der Waals surface area contributed by atoms with E-state index in [1.54, 1.807) is 28.9 Å². The number of imidazole rings is 1. The molecule has 3 heterocycles. The number of nitrogens with one attached hydrogen (secondary N) is 2. The number of aromatic nitrogens is 4. The molecule has 0 spiro atoms. The molecule has 0 bridgehead atoms. The summed E-state index contributed by atoms with van der Waals surface area (Å²) in [4.78, 5) is 12.8. The number of anilines is 1. The first-order chi connectivity index (χ1) is 17.0. The molecular weight excluding hydrogens is 467 g/mol. The van der Waals surface area contributed by atoms with Gasteiger partial charge in [0.2, 0.25) is 5.95 Å². The number of halogens is 2. The van der Waals surface area contributed by atoms with E-state index in [0.29, 0.717) is 34.9 Å². The Kier molecular flexibility index (Phi) is 6.95. The van der Waals surface area contributed by atoms with Crippen molar-refractivity contribution in [3.8, 4) is 11.4 Å². The number of rotatable bonds is 8. The molecule has 0 saturated heterocycles. The molecule has 9 heteroatoms. The molecule has 7 nitrogen and oxygen atoms in total. The zero-order chi connectivity index (χ0) is 24.4. The van der Waals surface area contributed by atoms with E-state index in [2.05, 4.69) is 25.6 Å². The van der Waals surface area contributed by atoms with E-state index in [0.717, 1.165) is 17.3 Å². The summed E-state index contributed by atoms with van der Waals surface area (Å²) in [6.07, 6.45) is 8.82. The number of aliphatic hydroxyl groups is 1. The highest BCUT2D eigenvalue weighted by molar-refractivity contribution is 6.33. The van der Waals surface area contributed by atoms with E-state index >= 15 is 0 Å². The first-order valence-electron chi connectivity index (χ1n) is 11.9. The van der Waals surface area contributed by atoms with Gasteiger partial charge in [0.1, 0.15) is 5.69 Å². The van der Waals surface area contributed by atoms with E-state index in [-0.39, 0.29) is 11.7 Å². The second kappa shape index (κ2) is 10.3. The fourth-order valence-corrected chi connectivity index (χ4v) is 4.79. The molecule has 0 radical (unpaired) electrons. The number of pyridine rings is 1. The normalized spacial score (nSPS) is 16.0. The van der Waals surface area contributed by atoms with Crippen LogP contribution < -0.4 is 10.6 Å². The summed E-state index contributed by atoms with van der Waals surface area (Å²) in [6, 6.07) is 11.7. The molecule has 35 heavy (non-hydrogen) atoms. The Balaban J connectivity index is 1.28. The van der Waals surface area contributed by atoms with Gasteiger partial charge in [-0.25, -0.2) is 19.3 Å². The Labute approximate surface area is 208 Å². The van der Waals surface area contributed by atoms with Crippen molar-refractivity contribution in [3.05, 3.63) is 77.0 Å². The second-order valence-corrected chi connectivity index (χ2v) is 9.43. The van der Waals surface area contributed by atoms with Crippen molar-refractivity contribution in [2.45, 2.75) is 50.8 Å². The van der Waals surface area contributed by atoms with Gasteiger partial charge < -0.3 is 15.7 Å². The molecule has 3 N–H and O–H groups in total. The highest BCUT2D eigenvalue weighted by Gasteiger charge is 2.18. The van der Waals surface area contributed by atoms with E-state index in [1.807, 2.05) is 31.2 Å². The summed E-state index contributed by atoms with van der Waals surface area (Å²) in [5.41, 5.74) is 3.03. The zero-order valence-corrected chi connectivity index (χ0v) is 20.2. The zero-order valence-electron chi connectivity index (χ0n) is 19.5. The molecule has 1 saturated carbocycles. The van der Waals surface area contributed by atoms with Crippen LogP contribution in [0.1, 0.15) is 55.9 Å². The minimum Gasteiger partial charge on any atom is -0.387 e. The molecule has 4 aromatic rings. The Bertz CT molecular complexity index is 1310. The SMILES string of the molecule is C[C@H](Nc1ncc(F)c(-c2cnc3c(Cl)cccn23)n1)c1ccc([C@H](O)CNC2CCCC2)cc1. The summed E-state index contributed by atoms with van der Waals surface area (Å²) in [6.45, 7) is 2.53. The molecule has 5 rings (SSSR count). The van der Waals surface area contributed by atoms with Gasteiger partial charge in [0.15, 0.2) is 11.5 Å². The number of aliphatic hydroxyl groups excluding tert-OH is 1. The van der Waals surface area contributed by atoms with Gasteiger partial charge in [0, 0.05) is 18.8 Å². The number of nitrogens with zero attached hydrogens (tertiary/aromatic N) is 4. The Morgan fingerprint density at radius 1 is 1.11 bits per heavy atom. The van der Waals surface area contributed by atoms with Gasteiger partial charge in [-0.05, 0) is 43.0 Å². The minimum absolute atomic E-state index is 0.132. The number of fused-ring (bicyclic) bond motifs is 1. The molecular formula is C26H28ClFN6O. The first kappa shape index (κ1) is 23.7. The van der Waals surface area contributed by atoms with Crippen LogP contribution in [0.25, 0.3) is 17.0 Å². The summed E-state index contributed by atoms with van der Waals surface area (Å²) in [7, 11) is 0. The predicted molar refractivity (Wildman–Crippen MR) is 135 cm³/mol. The second-order valence-electron chi connectivity index (χ2n) is 9.02. The molecule has 0 amide bonds. The van der Waals surface area contributed by atoms with E-state index in [9.17, 15) is 9.50 Å². The summed E-state index contributed by atoms with van der Waals surface area (Å²) in [5.74, 6) is -0.245. The number of benzene rings is 1. The summed E-state index contributed by atoms with van der Waals surface area (Å²) < 4.78 is 16.3. The molecule has 1 aliphatic rings. The molecule has 1 fully saturated rings. The lowest BCUT2D eigenvalue weighted by Gasteiger charge is -2.18. The van der Waals surface area contributed by atoms with Gasteiger partial charge in [0.05, 0.1) is 35.3 Å². The number of hydrogen-bond donors (Lipinski definition) is 3. The van der Waals surface area contributed by atoms with Crippen molar-refractivity contribution in [3.63, 3.8) is 0 Å². The summed E-state index contributed by atoms with van der Waals surface area (Å²) >= 11 is 6.20. The smallest absolute Gasteiger partial charge is 0.223 e. The predicted octanol–water partition coefficient (Wildman–Crippen LogP) is 5.32. The van der Waals surface area contributed by atoms with Crippen LogP contribution in [0.2, 0.25) is 5.02 Å². The molecule has 0 aliphatic heterocycles. The van der Waals surface area contributed by atoms with E-state index < -0.39 is 11.9 Å². The average molecular weight is 495 g/mol. The third kappa shape index (κ3) is 5.15. The fraction of sp³-hybridized carbons (Fsp3) is 0.346. The van der Waals surface area contributed by atoms with Crippen LogP contribution in [0.4, 0.5) is 10.3 Å². The lowest BCUT2D eigenvalue weighted by molar-refractivity contribution is 0.170. The highest BCUT2D eigenvalue weighted by Crippen LogP contribution is 2.27. The standard InChI is InChI=1S/C26H28ClFN6O/c1-16(17-8-10-18(11-9-17)23(35)15-29-19-5-2-3-6-19)32-26-31-13-21(28)24(33-26)22-14-30-25-20(27)7-4-12-34(22)25/h4,7-14,16,19,23,29,35H,2-3,5-6,15H2,1H3,(H,31,32,33)/t16-,23+/m0/s1. The Morgan fingerprint density at radius 3 is 2.63 bits per heavy atom. The van der Waals surface area contributed by atoms with Crippen molar-refractivity contribution in [1.29, 1.82) is 0 Å². The molecule has 2 atom stereocenters. The largest absolute Gasteiger partial charge is 0.387 e. The quantitative estimate of drug-likeness (QED) is 0.307. The van der Waals surface area contributed by atoms with Crippen molar-refractivity contribution in [1.82, 2.24) is 24.7 Å². The van der Waals surface area contributed by atoms with Gasteiger partial charge in [-0.2, -0.15) is 0 Å². The first-order valence-corrected chi connectivity index (χ1v) is 12.3. The molecule has 1 aliphatic carbocycles. The van der Waals surface area contributed by atoms with Crippen molar-refractivity contribution < 1.29 is 9.50 Å². The maximum atomic E-state index is 14.6. The van der Waals surface area contributed by atoms with Crippen LogP contribution in [0.15, 0.2) is 55.0 Å². The van der Waals surface area contributed by atoms with Crippen molar-refractivity contribution in [2.75, 3.05) is 11.9 Å². The van der Waals surface area contributed by atoms with Crippen LogP contribution in [0.5, 0.6) is 0 Å².